The van der Waals surface area contributed by atoms with Crippen LogP contribution in [0, 0.1) is 5.92 Å². The van der Waals surface area contributed by atoms with E-state index in [1.807, 2.05) is 24.4 Å². The van der Waals surface area contributed by atoms with Crippen molar-refractivity contribution in [2.75, 3.05) is 0 Å². The normalized spacial score (nSPS) is 21.8. The van der Waals surface area contributed by atoms with Gasteiger partial charge in [0.1, 0.15) is 0 Å². The van der Waals surface area contributed by atoms with Gasteiger partial charge in [0, 0.05) is 17.8 Å². The molecule has 0 amide bonds. The Kier molecular flexibility index (Phi) is 4.55. The van der Waals surface area contributed by atoms with Crippen LogP contribution in [0.2, 0.25) is 0 Å². The molecule has 1 aliphatic carbocycles. The zero-order chi connectivity index (χ0) is 12.1. The van der Waals surface area contributed by atoms with Crippen molar-refractivity contribution in [1.29, 1.82) is 0 Å². The quantitative estimate of drug-likeness (QED) is 0.810. The number of aliphatic hydroxyl groups excluding tert-OH is 1. The molecule has 0 saturated heterocycles. The van der Waals surface area contributed by atoms with Crippen LogP contribution in [0.15, 0.2) is 24.4 Å². The fourth-order valence-electron chi connectivity index (χ4n) is 2.88. The van der Waals surface area contributed by atoms with Crippen LogP contribution in [0.4, 0.5) is 0 Å². The van der Waals surface area contributed by atoms with Crippen LogP contribution in [0.1, 0.15) is 57.1 Å². The summed E-state index contributed by atoms with van der Waals surface area (Å²) in [6, 6.07) is 5.94. The van der Waals surface area contributed by atoms with E-state index >= 15 is 0 Å². The first-order chi connectivity index (χ1) is 8.29. The first-order valence-corrected chi connectivity index (χ1v) is 6.88. The molecule has 0 bridgehead atoms. The third-order valence-corrected chi connectivity index (χ3v) is 4.05. The van der Waals surface area contributed by atoms with E-state index in [0.29, 0.717) is 5.92 Å². The van der Waals surface area contributed by atoms with Crippen LogP contribution in [0.5, 0.6) is 0 Å². The maximum Gasteiger partial charge on any atom is 0.0649 e. The molecule has 1 aromatic rings. The smallest absolute Gasteiger partial charge is 0.0649 e. The van der Waals surface area contributed by atoms with Gasteiger partial charge in [0.05, 0.1) is 6.10 Å². The minimum atomic E-state index is -0.233. The molecule has 2 rings (SSSR count). The molecule has 0 aliphatic heterocycles. The zero-order valence-corrected chi connectivity index (χ0v) is 10.7. The van der Waals surface area contributed by atoms with Crippen molar-refractivity contribution in [3.63, 3.8) is 0 Å². The van der Waals surface area contributed by atoms with E-state index in [1.165, 1.54) is 38.5 Å². The number of aromatic nitrogens is 1. The summed E-state index contributed by atoms with van der Waals surface area (Å²) in [5.74, 6) is 0.619. The Bertz CT molecular complexity index is 317. The Morgan fingerprint density at radius 1 is 1.18 bits per heavy atom. The highest BCUT2D eigenvalue weighted by Gasteiger charge is 2.26. The summed E-state index contributed by atoms with van der Waals surface area (Å²) < 4.78 is 0. The minimum absolute atomic E-state index is 0.152. The molecule has 2 atom stereocenters. The molecule has 2 heteroatoms. The molecular weight excluding hydrogens is 210 g/mol. The maximum atomic E-state index is 10.5. The molecule has 94 valence electrons. The van der Waals surface area contributed by atoms with Gasteiger partial charge in [0.25, 0.3) is 0 Å². The largest absolute Gasteiger partial charge is 0.392 e. The van der Waals surface area contributed by atoms with Crippen molar-refractivity contribution in [2.45, 2.75) is 57.5 Å². The van der Waals surface area contributed by atoms with Crippen LogP contribution in [-0.4, -0.2) is 16.2 Å². The highest BCUT2D eigenvalue weighted by molar-refractivity contribution is 5.10. The van der Waals surface area contributed by atoms with Crippen molar-refractivity contribution in [3.8, 4) is 0 Å². The van der Waals surface area contributed by atoms with Crippen LogP contribution in [0.25, 0.3) is 0 Å². The van der Waals surface area contributed by atoms with Gasteiger partial charge in [-0.2, -0.15) is 0 Å². The molecule has 1 aromatic heterocycles. The van der Waals surface area contributed by atoms with Crippen molar-refractivity contribution < 1.29 is 5.11 Å². The molecule has 0 aromatic carbocycles. The first kappa shape index (κ1) is 12.6. The van der Waals surface area contributed by atoms with E-state index in [2.05, 4.69) is 11.9 Å². The summed E-state index contributed by atoms with van der Waals surface area (Å²) in [6.07, 6.45) is 9.15. The summed E-state index contributed by atoms with van der Waals surface area (Å²) in [7, 11) is 0. The molecule has 1 saturated carbocycles. The Labute approximate surface area is 104 Å². The molecule has 1 N–H and O–H groups in total. The molecule has 0 spiro atoms. The lowest BCUT2D eigenvalue weighted by atomic mass is 9.85. The fourth-order valence-corrected chi connectivity index (χ4v) is 2.88. The predicted octanol–water partition coefficient (Wildman–Crippen LogP) is 3.52. The van der Waals surface area contributed by atoms with Gasteiger partial charge in [0.2, 0.25) is 0 Å². The third-order valence-electron chi connectivity index (χ3n) is 4.05. The summed E-state index contributed by atoms with van der Waals surface area (Å²) in [6.45, 7) is 2.10. The van der Waals surface area contributed by atoms with E-state index in [9.17, 15) is 5.11 Å². The summed E-state index contributed by atoms with van der Waals surface area (Å²) in [4.78, 5) is 4.36. The Balaban J connectivity index is 2.00. The number of pyridine rings is 1. The Morgan fingerprint density at radius 2 is 1.88 bits per heavy atom. The Hall–Kier alpha value is -0.890. The summed E-state index contributed by atoms with van der Waals surface area (Å²) >= 11 is 0. The lowest BCUT2D eigenvalue weighted by molar-refractivity contribution is 0.0760. The highest BCUT2D eigenvalue weighted by atomic mass is 16.3. The van der Waals surface area contributed by atoms with Gasteiger partial charge in [-0.15, -0.1) is 0 Å². The van der Waals surface area contributed by atoms with Crippen molar-refractivity contribution in [2.24, 2.45) is 5.92 Å². The Morgan fingerprint density at radius 3 is 2.47 bits per heavy atom. The second-order valence-electron chi connectivity index (χ2n) is 5.29. The van der Waals surface area contributed by atoms with E-state index in [4.69, 9.17) is 0 Å². The average molecular weight is 233 g/mol. The SMILES string of the molecule is CC(c1ccccn1)C(O)C1CCCCCC1. The fraction of sp³-hybridized carbons (Fsp3) is 0.667. The molecule has 2 unspecified atom stereocenters. The van der Waals surface area contributed by atoms with Crippen LogP contribution < -0.4 is 0 Å². The molecular formula is C15H23NO. The van der Waals surface area contributed by atoms with E-state index in [-0.39, 0.29) is 12.0 Å². The highest BCUT2D eigenvalue weighted by Crippen LogP contribution is 2.31. The molecule has 1 heterocycles. The number of nitrogens with zero attached hydrogens (tertiary/aromatic N) is 1. The van der Waals surface area contributed by atoms with Gasteiger partial charge in [-0.1, -0.05) is 38.7 Å². The number of aliphatic hydroxyl groups is 1. The predicted molar refractivity (Wildman–Crippen MR) is 69.9 cm³/mol. The van der Waals surface area contributed by atoms with Crippen LogP contribution in [0.3, 0.4) is 0 Å². The van der Waals surface area contributed by atoms with Crippen molar-refractivity contribution in [1.82, 2.24) is 4.98 Å². The van der Waals surface area contributed by atoms with Gasteiger partial charge in [-0.25, -0.2) is 0 Å². The monoisotopic (exact) mass is 233 g/mol. The summed E-state index contributed by atoms with van der Waals surface area (Å²) in [5, 5.41) is 10.5. The number of rotatable bonds is 3. The molecule has 1 aliphatic rings. The zero-order valence-electron chi connectivity index (χ0n) is 10.7. The molecule has 0 radical (unpaired) electrons. The third kappa shape index (κ3) is 3.29. The molecule has 17 heavy (non-hydrogen) atoms. The second kappa shape index (κ2) is 6.15. The second-order valence-corrected chi connectivity index (χ2v) is 5.29. The topological polar surface area (TPSA) is 33.1 Å². The van der Waals surface area contributed by atoms with E-state index < -0.39 is 0 Å². The van der Waals surface area contributed by atoms with Crippen molar-refractivity contribution in [3.05, 3.63) is 30.1 Å². The standard InChI is InChI=1S/C15H23NO/c1-12(14-10-6-7-11-16-14)15(17)13-8-4-2-3-5-9-13/h6-7,10-13,15,17H,2-5,8-9H2,1H3. The van der Waals surface area contributed by atoms with Gasteiger partial charge >= 0.3 is 0 Å². The number of hydrogen-bond acceptors (Lipinski definition) is 2. The van der Waals surface area contributed by atoms with Gasteiger partial charge in [0.15, 0.2) is 0 Å². The van der Waals surface area contributed by atoms with E-state index in [1.54, 1.807) is 0 Å². The van der Waals surface area contributed by atoms with Gasteiger partial charge in [-0.05, 0) is 30.9 Å². The van der Waals surface area contributed by atoms with E-state index in [0.717, 1.165) is 5.69 Å². The lowest BCUT2D eigenvalue weighted by Crippen LogP contribution is -2.26. The summed E-state index contributed by atoms with van der Waals surface area (Å²) in [5.41, 5.74) is 1.02. The van der Waals surface area contributed by atoms with Crippen LogP contribution in [-0.2, 0) is 0 Å². The lowest BCUT2D eigenvalue weighted by Gasteiger charge is -2.26. The van der Waals surface area contributed by atoms with Gasteiger partial charge in [-0.3, -0.25) is 4.98 Å². The first-order valence-electron chi connectivity index (χ1n) is 6.88. The molecule has 1 fully saturated rings. The van der Waals surface area contributed by atoms with Gasteiger partial charge < -0.3 is 5.11 Å². The number of hydrogen-bond donors (Lipinski definition) is 1. The average Bonchev–Trinajstić information content (AvgIpc) is 2.67. The van der Waals surface area contributed by atoms with Crippen LogP contribution >= 0.6 is 0 Å². The minimum Gasteiger partial charge on any atom is -0.392 e. The van der Waals surface area contributed by atoms with Crippen molar-refractivity contribution >= 4 is 0 Å². The molecule has 2 nitrogen and oxygen atoms in total. The maximum absolute atomic E-state index is 10.5.